The van der Waals surface area contributed by atoms with Crippen molar-refractivity contribution in [1.29, 1.82) is 0 Å². The Bertz CT molecular complexity index is 163. The average molecular weight is 206 g/mol. The zero-order chi connectivity index (χ0) is 8.10. The minimum atomic E-state index is 0.111. The largest absolute Gasteiger partial charge is 0.0779 e. The van der Waals surface area contributed by atoms with E-state index in [9.17, 15) is 0 Å². The van der Waals surface area contributed by atoms with E-state index in [2.05, 4.69) is 18.4 Å². The average Bonchev–Trinajstić information content (AvgIpc) is 2.37. The Morgan fingerprint density at radius 2 is 2.36 bits per heavy atom. The Kier molecular flexibility index (Phi) is 4.72. The van der Waals surface area contributed by atoms with Crippen LogP contribution in [0.5, 0.6) is 0 Å². The summed E-state index contributed by atoms with van der Waals surface area (Å²) in [6, 6.07) is 0. The topological polar surface area (TPSA) is 0 Å². The van der Waals surface area contributed by atoms with Crippen LogP contribution in [0, 0.1) is 0 Å². The molecular weight excluding hydrogens is 192 g/mol. The summed E-state index contributed by atoms with van der Waals surface area (Å²) in [5.41, 5.74) is 0. The van der Waals surface area contributed by atoms with Crippen molar-refractivity contribution in [2.75, 3.05) is 0 Å². The Balaban J connectivity index is 2.09. The third-order valence-electron chi connectivity index (χ3n) is 1.71. The maximum Gasteiger partial charge on any atom is 0.0345 e. The molecule has 1 aliphatic heterocycles. The molecule has 2 atom stereocenters. The van der Waals surface area contributed by atoms with E-state index in [1.165, 1.54) is 25.7 Å². The lowest BCUT2D eigenvalue weighted by atomic mass is 10.1. The summed E-state index contributed by atoms with van der Waals surface area (Å²) in [6.45, 7) is 2.25. The van der Waals surface area contributed by atoms with E-state index in [-0.39, 0.29) is 8.49 Å². The van der Waals surface area contributed by atoms with Crippen molar-refractivity contribution >= 4 is 30.5 Å². The van der Waals surface area contributed by atoms with Crippen LogP contribution in [0.15, 0.2) is 11.5 Å². The molecular formula is C8H14S3. The fourth-order valence-corrected chi connectivity index (χ4v) is 4.91. The highest BCUT2D eigenvalue weighted by molar-refractivity contribution is 8.84. The first-order valence-electron chi connectivity index (χ1n) is 4.09. The van der Waals surface area contributed by atoms with Crippen LogP contribution in [-0.2, 0) is 19.7 Å². The maximum absolute atomic E-state index is 5.16. The van der Waals surface area contributed by atoms with E-state index in [0.29, 0.717) is 0 Å². The highest BCUT2D eigenvalue weighted by Gasteiger charge is 2.11. The fourth-order valence-electron chi connectivity index (χ4n) is 1.08. The van der Waals surface area contributed by atoms with Crippen LogP contribution in [0.4, 0.5) is 0 Å². The molecule has 1 aliphatic rings. The van der Waals surface area contributed by atoms with Crippen molar-refractivity contribution < 1.29 is 0 Å². The molecule has 0 radical (unpaired) electrons. The number of unbranched alkanes of at least 4 members (excludes halogenated alkanes) is 2. The maximum atomic E-state index is 5.16. The van der Waals surface area contributed by atoms with Gasteiger partial charge in [0, 0.05) is 5.25 Å². The zero-order valence-electron chi connectivity index (χ0n) is 6.79. The van der Waals surface area contributed by atoms with Crippen LogP contribution >= 0.6 is 10.8 Å². The second-order valence-electron chi connectivity index (χ2n) is 2.72. The van der Waals surface area contributed by atoms with Gasteiger partial charge in [-0.25, -0.2) is 0 Å². The first-order chi connectivity index (χ1) is 5.33. The SMILES string of the molecule is CCCCCC1C=CS(=S)S1. The lowest BCUT2D eigenvalue weighted by Crippen LogP contribution is -1.93. The van der Waals surface area contributed by atoms with Gasteiger partial charge in [0.2, 0.25) is 0 Å². The molecule has 2 unspecified atom stereocenters. The highest BCUT2D eigenvalue weighted by Crippen LogP contribution is 2.29. The molecule has 1 heterocycles. The van der Waals surface area contributed by atoms with Crippen LogP contribution in [0.3, 0.4) is 0 Å². The summed E-state index contributed by atoms with van der Waals surface area (Å²) >= 11 is 5.16. The van der Waals surface area contributed by atoms with Gasteiger partial charge < -0.3 is 0 Å². The second-order valence-corrected chi connectivity index (χ2v) is 7.68. The molecule has 0 amide bonds. The molecule has 0 N–H and O–H groups in total. The van der Waals surface area contributed by atoms with Gasteiger partial charge in [-0.05, 0) is 31.5 Å². The van der Waals surface area contributed by atoms with E-state index in [1.54, 1.807) is 0 Å². The van der Waals surface area contributed by atoms with Crippen LogP contribution in [-0.4, -0.2) is 5.25 Å². The van der Waals surface area contributed by atoms with Crippen molar-refractivity contribution in [3.05, 3.63) is 11.5 Å². The normalized spacial score (nSPS) is 29.5. The molecule has 0 aromatic heterocycles. The van der Waals surface area contributed by atoms with Gasteiger partial charge in [-0.1, -0.05) is 43.1 Å². The molecule has 64 valence electrons. The van der Waals surface area contributed by atoms with Gasteiger partial charge in [0.1, 0.15) is 0 Å². The van der Waals surface area contributed by atoms with Crippen LogP contribution < -0.4 is 0 Å². The van der Waals surface area contributed by atoms with Crippen LogP contribution in [0.2, 0.25) is 0 Å². The molecule has 0 aliphatic carbocycles. The Hall–Kier alpha value is 0.660. The fraction of sp³-hybridized carbons (Fsp3) is 0.750. The molecule has 0 aromatic rings. The summed E-state index contributed by atoms with van der Waals surface area (Å²) in [7, 11) is 2.06. The predicted octanol–water partition coefficient (Wildman–Crippen LogP) is 3.19. The van der Waals surface area contributed by atoms with E-state index in [1.807, 2.05) is 10.8 Å². The third-order valence-corrected chi connectivity index (χ3v) is 5.61. The van der Waals surface area contributed by atoms with Crippen molar-refractivity contribution in [1.82, 2.24) is 0 Å². The van der Waals surface area contributed by atoms with Crippen molar-refractivity contribution in [2.45, 2.75) is 37.9 Å². The molecule has 3 heteroatoms. The quantitative estimate of drug-likeness (QED) is 0.512. The molecule has 11 heavy (non-hydrogen) atoms. The second kappa shape index (κ2) is 5.33. The minimum Gasteiger partial charge on any atom is -0.0779 e. The van der Waals surface area contributed by atoms with Gasteiger partial charge in [0.15, 0.2) is 0 Å². The number of rotatable bonds is 4. The van der Waals surface area contributed by atoms with Gasteiger partial charge in [-0.15, -0.1) is 0 Å². The third kappa shape index (κ3) is 3.72. The minimum absolute atomic E-state index is 0.111. The first kappa shape index (κ1) is 9.75. The molecule has 0 aromatic carbocycles. The zero-order valence-corrected chi connectivity index (χ0v) is 9.23. The molecule has 0 saturated heterocycles. The van der Waals surface area contributed by atoms with E-state index in [4.69, 9.17) is 11.2 Å². The summed E-state index contributed by atoms with van der Waals surface area (Å²) in [5.74, 6) is 0. The van der Waals surface area contributed by atoms with Gasteiger partial charge in [0.05, 0.1) is 0 Å². The number of hydrogen-bond acceptors (Lipinski definition) is 2. The lowest BCUT2D eigenvalue weighted by molar-refractivity contribution is 0.682. The van der Waals surface area contributed by atoms with E-state index < -0.39 is 0 Å². The lowest BCUT2D eigenvalue weighted by Gasteiger charge is -2.04. The summed E-state index contributed by atoms with van der Waals surface area (Å²) in [5, 5.41) is 2.92. The molecule has 0 spiro atoms. The molecule has 0 nitrogen and oxygen atoms in total. The Morgan fingerprint density at radius 1 is 1.55 bits per heavy atom. The van der Waals surface area contributed by atoms with Gasteiger partial charge in [-0.2, -0.15) is 0 Å². The smallest absolute Gasteiger partial charge is 0.0345 e. The van der Waals surface area contributed by atoms with Crippen molar-refractivity contribution in [3.8, 4) is 0 Å². The predicted molar refractivity (Wildman–Crippen MR) is 59.4 cm³/mol. The summed E-state index contributed by atoms with van der Waals surface area (Å²) in [4.78, 5) is 0. The Morgan fingerprint density at radius 3 is 2.91 bits per heavy atom. The summed E-state index contributed by atoms with van der Waals surface area (Å²) < 4.78 is 0. The van der Waals surface area contributed by atoms with Crippen LogP contribution in [0.1, 0.15) is 32.6 Å². The monoisotopic (exact) mass is 206 g/mol. The molecule has 1 rings (SSSR count). The highest BCUT2D eigenvalue weighted by atomic mass is 33.3. The van der Waals surface area contributed by atoms with E-state index in [0.717, 1.165) is 5.25 Å². The molecule has 0 fully saturated rings. The molecule has 0 saturated carbocycles. The van der Waals surface area contributed by atoms with Gasteiger partial charge in [-0.3, -0.25) is 0 Å². The first-order valence-corrected chi connectivity index (χ1v) is 7.70. The number of hydrogen-bond donors (Lipinski definition) is 0. The van der Waals surface area contributed by atoms with Gasteiger partial charge >= 0.3 is 0 Å². The van der Waals surface area contributed by atoms with Crippen molar-refractivity contribution in [2.24, 2.45) is 0 Å². The van der Waals surface area contributed by atoms with E-state index >= 15 is 0 Å². The standard InChI is InChI=1S/C8H14S3/c1-2-3-4-5-8-6-7-11(9)10-8/h6-8H,2-5H2,1H3. The van der Waals surface area contributed by atoms with Gasteiger partial charge in [0.25, 0.3) is 0 Å². The Labute approximate surface area is 79.8 Å². The molecule has 0 bridgehead atoms. The summed E-state index contributed by atoms with van der Waals surface area (Å²) in [6.07, 6.45) is 7.67. The van der Waals surface area contributed by atoms with Crippen molar-refractivity contribution in [3.63, 3.8) is 0 Å². The van der Waals surface area contributed by atoms with Crippen LogP contribution in [0.25, 0.3) is 0 Å².